The van der Waals surface area contributed by atoms with Gasteiger partial charge in [0.05, 0.1) is 11.0 Å². The van der Waals surface area contributed by atoms with E-state index in [1.165, 1.54) is 5.56 Å². The van der Waals surface area contributed by atoms with Gasteiger partial charge in [0.2, 0.25) is 0 Å². The molecule has 1 aromatic rings. The second-order valence-electron chi connectivity index (χ2n) is 9.53. The van der Waals surface area contributed by atoms with E-state index in [0.29, 0.717) is 18.3 Å². The molecule has 5 nitrogen and oxygen atoms in total. The van der Waals surface area contributed by atoms with E-state index < -0.39 is 11.0 Å². The third-order valence-electron chi connectivity index (χ3n) is 6.91. The van der Waals surface area contributed by atoms with Crippen LogP contribution in [0.25, 0.3) is 0 Å². The van der Waals surface area contributed by atoms with Crippen LogP contribution in [0.3, 0.4) is 0 Å². The number of ether oxygens (including phenoxy) is 1. The van der Waals surface area contributed by atoms with Gasteiger partial charge < -0.3 is 15.2 Å². The van der Waals surface area contributed by atoms with E-state index in [0.717, 1.165) is 44.9 Å². The molecule has 5 heteroatoms. The summed E-state index contributed by atoms with van der Waals surface area (Å²) in [7, 11) is 0. The summed E-state index contributed by atoms with van der Waals surface area (Å²) in [5.41, 5.74) is -0.0233. The first-order chi connectivity index (χ1) is 13.4. The second-order valence-corrected chi connectivity index (χ2v) is 9.53. The van der Waals surface area contributed by atoms with Crippen LogP contribution in [0.4, 0.5) is 0 Å². The molecular weight excluding hydrogens is 354 g/mol. The molecule has 4 bridgehead atoms. The monoisotopic (exact) mass is 385 g/mol. The quantitative estimate of drug-likeness (QED) is 0.708. The summed E-state index contributed by atoms with van der Waals surface area (Å²) >= 11 is 0. The van der Waals surface area contributed by atoms with E-state index >= 15 is 0 Å². The molecular formula is C23H31NO4. The molecule has 0 heterocycles. The highest BCUT2D eigenvalue weighted by atomic mass is 16.5. The zero-order valence-corrected chi connectivity index (χ0v) is 16.7. The standard InChI is InChI=1S/C23H31NO4/c1-16(7-8-17-5-3-2-4-6-17)24-20(25)14-28-21(26)22-10-18-9-19(11-22)13-23(27,12-18)15-22/h2-6,16,18-19,27H,7-15H2,1H3,(H,24,25)/t16-,18+,19+,22?,23?/m0/s1. The molecule has 0 aromatic heterocycles. The molecule has 152 valence electrons. The second kappa shape index (κ2) is 7.51. The molecule has 0 spiro atoms. The normalized spacial score (nSPS) is 34.1. The van der Waals surface area contributed by atoms with E-state index in [2.05, 4.69) is 17.4 Å². The number of benzene rings is 1. The Morgan fingerprint density at radius 2 is 1.86 bits per heavy atom. The fourth-order valence-electron chi connectivity index (χ4n) is 6.15. The van der Waals surface area contributed by atoms with Gasteiger partial charge in [-0.15, -0.1) is 0 Å². The molecule has 0 aliphatic heterocycles. The van der Waals surface area contributed by atoms with Crippen molar-refractivity contribution in [3.05, 3.63) is 35.9 Å². The smallest absolute Gasteiger partial charge is 0.312 e. The number of carbonyl (C=O) groups is 2. The van der Waals surface area contributed by atoms with E-state index in [-0.39, 0.29) is 24.5 Å². The van der Waals surface area contributed by atoms with Crippen molar-refractivity contribution in [2.75, 3.05) is 6.61 Å². The van der Waals surface area contributed by atoms with E-state index in [1.807, 2.05) is 25.1 Å². The van der Waals surface area contributed by atoms with Gasteiger partial charge in [0.1, 0.15) is 0 Å². The van der Waals surface area contributed by atoms with E-state index in [1.54, 1.807) is 0 Å². The Morgan fingerprint density at radius 1 is 1.18 bits per heavy atom. The minimum atomic E-state index is -0.697. The van der Waals surface area contributed by atoms with Crippen LogP contribution in [0.2, 0.25) is 0 Å². The number of hydrogen-bond acceptors (Lipinski definition) is 4. The molecule has 3 atom stereocenters. The summed E-state index contributed by atoms with van der Waals surface area (Å²) in [5.74, 6) is 0.306. The Bertz CT molecular complexity index is 717. The highest BCUT2D eigenvalue weighted by molar-refractivity contribution is 5.83. The van der Waals surface area contributed by atoms with Crippen LogP contribution in [-0.2, 0) is 20.7 Å². The topological polar surface area (TPSA) is 75.6 Å². The average molecular weight is 386 g/mol. The van der Waals surface area contributed by atoms with Gasteiger partial charge in [0, 0.05) is 6.04 Å². The third-order valence-corrected chi connectivity index (χ3v) is 6.91. The van der Waals surface area contributed by atoms with Crippen molar-refractivity contribution in [1.82, 2.24) is 5.32 Å². The van der Waals surface area contributed by atoms with Gasteiger partial charge in [0.25, 0.3) is 5.91 Å². The summed E-state index contributed by atoms with van der Waals surface area (Å²) < 4.78 is 5.44. The molecule has 4 fully saturated rings. The Balaban J connectivity index is 1.24. The zero-order valence-electron chi connectivity index (χ0n) is 16.7. The maximum Gasteiger partial charge on any atom is 0.312 e. The molecule has 1 aromatic carbocycles. The number of amides is 1. The van der Waals surface area contributed by atoms with Gasteiger partial charge in [0.15, 0.2) is 6.61 Å². The first-order valence-corrected chi connectivity index (χ1v) is 10.6. The predicted octanol–water partition coefficient (Wildman–Crippen LogP) is 3.00. The van der Waals surface area contributed by atoms with Crippen molar-refractivity contribution < 1.29 is 19.4 Å². The molecule has 0 radical (unpaired) electrons. The van der Waals surface area contributed by atoms with Gasteiger partial charge in [-0.1, -0.05) is 30.3 Å². The van der Waals surface area contributed by atoms with Crippen LogP contribution in [0.1, 0.15) is 57.4 Å². The number of aryl methyl sites for hydroxylation is 1. The summed E-state index contributed by atoms with van der Waals surface area (Å²) in [6.45, 7) is 1.74. The Morgan fingerprint density at radius 3 is 2.50 bits per heavy atom. The summed E-state index contributed by atoms with van der Waals surface area (Å²) in [5, 5.41) is 13.7. The molecule has 5 rings (SSSR count). The molecule has 1 amide bonds. The van der Waals surface area contributed by atoms with Gasteiger partial charge in [-0.3, -0.25) is 9.59 Å². The van der Waals surface area contributed by atoms with E-state index in [9.17, 15) is 14.7 Å². The summed E-state index contributed by atoms with van der Waals surface area (Å²) in [6, 6.07) is 10.2. The maximum atomic E-state index is 12.8. The lowest BCUT2D eigenvalue weighted by atomic mass is 9.48. The zero-order chi connectivity index (χ0) is 19.8. The molecule has 28 heavy (non-hydrogen) atoms. The summed E-state index contributed by atoms with van der Waals surface area (Å²) in [6.07, 6.45) is 6.60. The van der Waals surface area contributed by atoms with Crippen LogP contribution < -0.4 is 5.32 Å². The van der Waals surface area contributed by atoms with Crippen LogP contribution in [-0.4, -0.2) is 35.2 Å². The van der Waals surface area contributed by atoms with Crippen molar-refractivity contribution >= 4 is 11.9 Å². The lowest BCUT2D eigenvalue weighted by molar-refractivity contribution is -0.196. The highest BCUT2D eigenvalue weighted by Crippen LogP contribution is 2.61. The first kappa shape index (κ1) is 19.4. The van der Waals surface area contributed by atoms with Crippen LogP contribution in [0.5, 0.6) is 0 Å². The Kier molecular flexibility index (Phi) is 5.21. The Labute approximate surface area is 166 Å². The van der Waals surface area contributed by atoms with Crippen LogP contribution in [0.15, 0.2) is 30.3 Å². The fraction of sp³-hybridized carbons (Fsp3) is 0.652. The van der Waals surface area contributed by atoms with Crippen molar-refractivity contribution in [2.24, 2.45) is 17.3 Å². The highest BCUT2D eigenvalue weighted by Gasteiger charge is 2.60. The number of esters is 1. The lowest BCUT2D eigenvalue weighted by Crippen LogP contribution is -2.58. The van der Waals surface area contributed by atoms with Gasteiger partial charge in [-0.2, -0.15) is 0 Å². The van der Waals surface area contributed by atoms with Crippen LogP contribution >= 0.6 is 0 Å². The Hall–Kier alpha value is -1.88. The maximum absolute atomic E-state index is 12.8. The number of hydrogen-bond donors (Lipinski definition) is 2. The van der Waals surface area contributed by atoms with Crippen molar-refractivity contribution in [2.45, 2.75) is 69.9 Å². The SMILES string of the molecule is C[C@@H](CCc1ccccc1)NC(=O)COC(=O)C12C[C@H]3C[C@@H](CC(O)(C3)C1)C2. The van der Waals surface area contributed by atoms with Crippen molar-refractivity contribution in [1.29, 1.82) is 0 Å². The van der Waals surface area contributed by atoms with Gasteiger partial charge in [-0.05, 0) is 75.7 Å². The molecule has 2 N–H and O–H groups in total. The first-order valence-electron chi connectivity index (χ1n) is 10.6. The van der Waals surface area contributed by atoms with Gasteiger partial charge in [-0.25, -0.2) is 0 Å². The average Bonchev–Trinajstić information content (AvgIpc) is 2.63. The van der Waals surface area contributed by atoms with E-state index in [4.69, 9.17) is 4.74 Å². The largest absolute Gasteiger partial charge is 0.455 e. The number of carbonyl (C=O) groups excluding carboxylic acids is 2. The van der Waals surface area contributed by atoms with Gasteiger partial charge >= 0.3 is 5.97 Å². The molecule has 4 saturated carbocycles. The molecule has 4 aliphatic carbocycles. The number of rotatable bonds is 7. The molecule has 0 saturated heterocycles. The van der Waals surface area contributed by atoms with Crippen LogP contribution in [0, 0.1) is 17.3 Å². The molecule has 0 unspecified atom stereocenters. The van der Waals surface area contributed by atoms with Crippen molar-refractivity contribution in [3.63, 3.8) is 0 Å². The van der Waals surface area contributed by atoms with Crippen molar-refractivity contribution in [3.8, 4) is 0 Å². The predicted molar refractivity (Wildman–Crippen MR) is 105 cm³/mol. The number of aliphatic hydroxyl groups is 1. The lowest BCUT2D eigenvalue weighted by Gasteiger charge is -2.58. The summed E-state index contributed by atoms with van der Waals surface area (Å²) in [4.78, 5) is 25.0. The molecule has 4 aliphatic rings. The number of nitrogens with one attached hydrogen (secondary N) is 1. The minimum absolute atomic E-state index is 0.0201. The third kappa shape index (κ3) is 4.09. The minimum Gasteiger partial charge on any atom is -0.455 e. The fourth-order valence-corrected chi connectivity index (χ4v) is 6.15.